The molecule has 5 heteroatoms. The number of anilines is 1. The fourth-order valence-corrected chi connectivity index (χ4v) is 1.87. The third kappa shape index (κ3) is 4.06. The predicted octanol–water partition coefficient (Wildman–Crippen LogP) is 2.41. The summed E-state index contributed by atoms with van der Waals surface area (Å²) in [7, 11) is 0. The first kappa shape index (κ1) is 14.6. The van der Waals surface area contributed by atoms with Crippen LogP contribution in [-0.4, -0.2) is 17.7 Å². The normalized spacial score (nSPS) is 11.2. The average Bonchev–Trinajstić information content (AvgIpc) is 2.54. The van der Waals surface area contributed by atoms with Crippen molar-refractivity contribution in [2.75, 3.05) is 11.9 Å². The van der Waals surface area contributed by atoms with Gasteiger partial charge in [-0.1, -0.05) is 30.3 Å². The number of aliphatic hydroxyl groups excluding tert-OH is 1. The first-order valence-electron chi connectivity index (χ1n) is 6.46. The van der Waals surface area contributed by atoms with Gasteiger partial charge in [0.1, 0.15) is 0 Å². The van der Waals surface area contributed by atoms with Gasteiger partial charge in [-0.15, -0.1) is 0 Å². The van der Waals surface area contributed by atoms with Crippen LogP contribution < -0.4 is 10.6 Å². The maximum atomic E-state index is 11.9. The number of hydrogen-bond acceptors (Lipinski definition) is 3. The van der Waals surface area contributed by atoms with Gasteiger partial charge in [-0.3, -0.25) is 0 Å². The van der Waals surface area contributed by atoms with Gasteiger partial charge in [0.05, 0.1) is 24.3 Å². The molecule has 0 aliphatic carbocycles. The highest BCUT2D eigenvalue weighted by molar-refractivity contribution is 5.89. The third-order valence-corrected chi connectivity index (χ3v) is 2.96. The Balaban J connectivity index is 1.98. The van der Waals surface area contributed by atoms with Crippen LogP contribution in [0.3, 0.4) is 0 Å². The number of carbonyl (C=O) groups excluding carboxylic acids is 1. The van der Waals surface area contributed by atoms with Crippen molar-refractivity contribution in [3.05, 3.63) is 65.7 Å². The molecule has 0 spiro atoms. The van der Waals surface area contributed by atoms with Gasteiger partial charge in [0.15, 0.2) is 0 Å². The van der Waals surface area contributed by atoms with Crippen LogP contribution in [0.1, 0.15) is 17.2 Å². The van der Waals surface area contributed by atoms with E-state index in [0.717, 1.165) is 5.56 Å². The molecule has 0 radical (unpaired) electrons. The number of amides is 2. The zero-order chi connectivity index (χ0) is 15.1. The van der Waals surface area contributed by atoms with E-state index in [2.05, 4.69) is 10.6 Å². The van der Waals surface area contributed by atoms with E-state index >= 15 is 0 Å². The summed E-state index contributed by atoms with van der Waals surface area (Å²) < 4.78 is 0. The quantitative estimate of drug-likeness (QED) is 0.804. The Hall–Kier alpha value is -2.84. The van der Waals surface area contributed by atoms with Crippen LogP contribution in [0, 0.1) is 11.3 Å². The SMILES string of the molecule is N#Cc1ccc(NC(=O)N[C@@H](CO)c2ccccc2)cc1. The Labute approximate surface area is 122 Å². The molecule has 5 nitrogen and oxygen atoms in total. The highest BCUT2D eigenvalue weighted by Crippen LogP contribution is 2.13. The summed E-state index contributed by atoms with van der Waals surface area (Å²) in [6, 6.07) is 16.9. The summed E-state index contributed by atoms with van der Waals surface area (Å²) in [6.45, 7) is -0.190. The monoisotopic (exact) mass is 281 g/mol. The molecule has 0 saturated heterocycles. The van der Waals surface area contributed by atoms with Gasteiger partial charge < -0.3 is 15.7 Å². The number of urea groups is 1. The van der Waals surface area contributed by atoms with Crippen LogP contribution in [0.5, 0.6) is 0 Å². The molecule has 0 aliphatic rings. The average molecular weight is 281 g/mol. The molecule has 3 N–H and O–H groups in total. The molecule has 2 aromatic rings. The Morgan fingerprint density at radius 3 is 2.38 bits per heavy atom. The molecule has 0 saturated carbocycles. The minimum absolute atomic E-state index is 0.190. The number of aliphatic hydroxyl groups is 1. The van der Waals surface area contributed by atoms with E-state index in [1.54, 1.807) is 24.3 Å². The third-order valence-electron chi connectivity index (χ3n) is 2.96. The number of rotatable bonds is 4. The second-order valence-electron chi connectivity index (χ2n) is 4.43. The number of nitriles is 1. The minimum Gasteiger partial charge on any atom is -0.394 e. The number of nitrogens with zero attached hydrogens (tertiary/aromatic N) is 1. The van der Waals surface area contributed by atoms with E-state index in [1.165, 1.54) is 0 Å². The molecule has 2 rings (SSSR count). The van der Waals surface area contributed by atoms with Crippen LogP contribution in [-0.2, 0) is 0 Å². The second kappa shape index (κ2) is 7.08. The second-order valence-corrected chi connectivity index (χ2v) is 4.43. The fourth-order valence-electron chi connectivity index (χ4n) is 1.87. The van der Waals surface area contributed by atoms with Gasteiger partial charge in [0, 0.05) is 5.69 Å². The molecule has 106 valence electrons. The zero-order valence-electron chi connectivity index (χ0n) is 11.3. The van der Waals surface area contributed by atoms with E-state index in [0.29, 0.717) is 11.3 Å². The highest BCUT2D eigenvalue weighted by Gasteiger charge is 2.13. The van der Waals surface area contributed by atoms with E-state index < -0.39 is 12.1 Å². The van der Waals surface area contributed by atoms with Crippen molar-refractivity contribution < 1.29 is 9.90 Å². The van der Waals surface area contributed by atoms with Crippen molar-refractivity contribution in [3.8, 4) is 6.07 Å². The van der Waals surface area contributed by atoms with E-state index in [-0.39, 0.29) is 6.61 Å². The Morgan fingerprint density at radius 1 is 1.14 bits per heavy atom. The van der Waals surface area contributed by atoms with Crippen molar-refractivity contribution in [2.24, 2.45) is 0 Å². The molecule has 0 aromatic heterocycles. The lowest BCUT2D eigenvalue weighted by Crippen LogP contribution is -2.34. The molecule has 1 atom stereocenters. The van der Waals surface area contributed by atoms with E-state index in [9.17, 15) is 9.90 Å². The van der Waals surface area contributed by atoms with Crippen LogP contribution in [0.2, 0.25) is 0 Å². The maximum Gasteiger partial charge on any atom is 0.319 e. The van der Waals surface area contributed by atoms with Crippen molar-refractivity contribution in [1.82, 2.24) is 5.32 Å². The van der Waals surface area contributed by atoms with Crippen molar-refractivity contribution in [1.29, 1.82) is 5.26 Å². The molecule has 0 fully saturated rings. The fraction of sp³-hybridized carbons (Fsp3) is 0.125. The van der Waals surface area contributed by atoms with Gasteiger partial charge in [0.2, 0.25) is 0 Å². The summed E-state index contributed by atoms with van der Waals surface area (Å²) in [4.78, 5) is 11.9. The zero-order valence-corrected chi connectivity index (χ0v) is 11.3. The maximum absolute atomic E-state index is 11.9. The molecule has 0 unspecified atom stereocenters. The molecule has 0 aliphatic heterocycles. The first-order chi connectivity index (χ1) is 10.2. The molecule has 21 heavy (non-hydrogen) atoms. The van der Waals surface area contributed by atoms with E-state index in [1.807, 2.05) is 36.4 Å². The van der Waals surface area contributed by atoms with Gasteiger partial charge >= 0.3 is 6.03 Å². The number of nitrogens with one attached hydrogen (secondary N) is 2. The Kier molecular flexibility index (Phi) is 4.91. The molecule has 2 aromatic carbocycles. The molecular formula is C16H15N3O2. The Bertz CT molecular complexity index is 633. The smallest absolute Gasteiger partial charge is 0.319 e. The van der Waals surface area contributed by atoms with Gasteiger partial charge in [-0.25, -0.2) is 4.79 Å². The van der Waals surface area contributed by atoms with Crippen LogP contribution in [0.25, 0.3) is 0 Å². The molecule has 0 bridgehead atoms. The molecule has 0 heterocycles. The molecule has 2 amide bonds. The number of carbonyl (C=O) groups is 1. The van der Waals surface area contributed by atoms with Crippen LogP contribution >= 0.6 is 0 Å². The summed E-state index contributed by atoms with van der Waals surface area (Å²) in [5, 5.41) is 23.4. The predicted molar refractivity (Wildman–Crippen MR) is 79.6 cm³/mol. The topological polar surface area (TPSA) is 85.2 Å². The highest BCUT2D eigenvalue weighted by atomic mass is 16.3. The van der Waals surface area contributed by atoms with Crippen molar-refractivity contribution in [2.45, 2.75) is 6.04 Å². The molecular weight excluding hydrogens is 266 g/mol. The first-order valence-corrected chi connectivity index (χ1v) is 6.46. The van der Waals surface area contributed by atoms with Gasteiger partial charge in [0.25, 0.3) is 0 Å². The summed E-state index contributed by atoms with van der Waals surface area (Å²) in [5.74, 6) is 0. The number of hydrogen-bond donors (Lipinski definition) is 3. The lowest BCUT2D eigenvalue weighted by Gasteiger charge is -2.17. The van der Waals surface area contributed by atoms with Crippen molar-refractivity contribution >= 4 is 11.7 Å². The van der Waals surface area contributed by atoms with E-state index in [4.69, 9.17) is 5.26 Å². The van der Waals surface area contributed by atoms with Crippen LogP contribution in [0.15, 0.2) is 54.6 Å². The lowest BCUT2D eigenvalue weighted by atomic mass is 10.1. The summed E-state index contributed by atoms with van der Waals surface area (Å²) in [5.41, 5.74) is 1.93. The van der Waals surface area contributed by atoms with Gasteiger partial charge in [-0.05, 0) is 29.8 Å². The van der Waals surface area contributed by atoms with Gasteiger partial charge in [-0.2, -0.15) is 5.26 Å². The van der Waals surface area contributed by atoms with Crippen molar-refractivity contribution in [3.63, 3.8) is 0 Å². The lowest BCUT2D eigenvalue weighted by molar-refractivity contribution is 0.225. The largest absolute Gasteiger partial charge is 0.394 e. The van der Waals surface area contributed by atoms with Crippen LogP contribution in [0.4, 0.5) is 10.5 Å². The summed E-state index contributed by atoms with van der Waals surface area (Å²) >= 11 is 0. The minimum atomic E-state index is -0.468. The standard InChI is InChI=1S/C16H15N3O2/c17-10-12-6-8-14(9-7-12)18-16(21)19-15(11-20)13-4-2-1-3-5-13/h1-9,15,20H,11H2,(H2,18,19,21)/t15-/m0/s1. The Morgan fingerprint density at radius 2 is 1.81 bits per heavy atom. The summed E-state index contributed by atoms with van der Waals surface area (Å²) in [6.07, 6.45) is 0. The number of benzene rings is 2.